The zero-order chi connectivity index (χ0) is 18.7. The summed E-state index contributed by atoms with van der Waals surface area (Å²) in [6.07, 6.45) is 5.37. The second kappa shape index (κ2) is 7.73. The first-order valence-electron chi connectivity index (χ1n) is 10.1. The van der Waals surface area contributed by atoms with E-state index in [1.807, 2.05) is 4.90 Å². The Hall–Kier alpha value is -2.33. The van der Waals surface area contributed by atoms with Crippen LogP contribution >= 0.6 is 0 Å². The maximum absolute atomic E-state index is 12.6. The van der Waals surface area contributed by atoms with Crippen LogP contribution in [-0.4, -0.2) is 43.7 Å². The number of benzene rings is 2. The fourth-order valence-electron chi connectivity index (χ4n) is 4.21. The maximum atomic E-state index is 12.6. The van der Waals surface area contributed by atoms with Crippen molar-refractivity contribution in [2.24, 2.45) is 5.41 Å². The predicted octanol–water partition coefficient (Wildman–Crippen LogP) is 4.03. The average Bonchev–Trinajstić information content (AvgIpc) is 2.72. The third-order valence-electron chi connectivity index (χ3n) is 6.11. The van der Waals surface area contributed by atoms with Crippen LogP contribution in [0.5, 0.6) is 0 Å². The molecule has 0 atom stereocenters. The molecule has 2 heterocycles. The van der Waals surface area contributed by atoms with Crippen LogP contribution in [0.25, 0.3) is 16.3 Å². The molecule has 0 unspecified atom stereocenters. The fraction of sp³-hybridized carbons (Fsp3) is 0.435. The number of hydrogen-bond acceptors (Lipinski definition) is 2. The fourth-order valence-corrected chi connectivity index (χ4v) is 4.21. The van der Waals surface area contributed by atoms with Gasteiger partial charge in [-0.05, 0) is 59.7 Å². The topological polar surface area (TPSA) is 44.4 Å². The Morgan fingerprint density at radius 3 is 2.70 bits per heavy atom. The van der Waals surface area contributed by atoms with E-state index < -0.39 is 0 Å². The molecule has 2 aromatic rings. The third-order valence-corrected chi connectivity index (χ3v) is 6.11. The van der Waals surface area contributed by atoms with Gasteiger partial charge < -0.3 is 15.5 Å². The van der Waals surface area contributed by atoms with E-state index in [9.17, 15) is 4.79 Å². The van der Waals surface area contributed by atoms with Crippen molar-refractivity contribution in [3.63, 3.8) is 0 Å². The van der Waals surface area contributed by atoms with Crippen LogP contribution in [0.15, 0.2) is 48.5 Å². The van der Waals surface area contributed by atoms with Crippen LogP contribution in [0, 0.1) is 5.41 Å². The molecule has 2 aliphatic rings. The molecule has 2 aromatic carbocycles. The predicted molar refractivity (Wildman–Crippen MR) is 112 cm³/mol. The normalized spacial score (nSPS) is 19.6. The number of hydrogen-bond donors (Lipinski definition) is 2. The molecule has 0 bridgehead atoms. The van der Waals surface area contributed by atoms with Crippen LogP contribution < -0.4 is 10.6 Å². The molecule has 4 nitrogen and oxygen atoms in total. The number of amides is 2. The molecule has 2 aliphatic heterocycles. The molecule has 142 valence electrons. The van der Waals surface area contributed by atoms with Gasteiger partial charge in [0, 0.05) is 19.6 Å². The molecular weight excluding hydrogens is 334 g/mol. The molecule has 4 rings (SSSR count). The van der Waals surface area contributed by atoms with Crippen molar-refractivity contribution in [2.45, 2.75) is 26.2 Å². The highest BCUT2D eigenvalue weighted by Gasteiger charge is 2.28. The van der Waals surface area contributed by atoms with Crippen LogP contribution in [0.4, 0.5) is 4.79 Å². The molecule has 1 saturated heterocycles. The molecule has 2 amide bonds. The Morgan fingerprint density at radius 1 is 1.15 bits per heavy atom. The molecule has 0 aromatic heterocycles. The van der Waals surface area contributed by atoms with Gasteiger partial charge in [-0.3, -0.25) is 0 Å². The number of fused-ring (bicyclic) bond motifs is 1. The third kappa shape index (κ3) is 4.01. The minimum atomic E-state index is 0.0722. The molecular formula is C23H29N3O. The lowest BCUT2D eigenvalue weighted by Crippen LogP contribution is -2.48. The first kappa shape index (κ1) is 18.1. The van der Waals surface area contributed by atoms with E-state index in [0.29, 0.717) is 6.54 Å². The van der Waals surface area contributed by atoms with E-state index in [0.717, 1.165) is 45.4 Å². The lowest BCUT2D eigenvalue weighted by Gasteiger charge is -2.35. The van der Waals surface area contributed by atoms with Gasteiger partial charge in [-0.2, -0.15) is 0 Å². The van der Waals surface area contributed by atoms with Crippen molar-refractivity contribution in [1.82, 2.24) is 15.5 Å². The Labute approximate surface area is 161 Å². The van der Waals surface area contributed by atoms with Crippen molar-refractivity contribution < 1.29 is 4.79 Å². The molecule has 4 heteroatoms. The smallest absolute Gasteiger partial charge is 0.317 e. The van der Waals surface area contributed by atoms with Crippen molar-refractivity contribution in [1.29, 1.82) is 0 Å². The largest absolute Gasteiger partial charge is 0.337 e. The Morgan fingerprint density at radius 2 is 1.93 bits per heavy atom. The summed E-state index contributed by atoms with van der Waals surface area (Å²) >= 11 is 0. The minimum Gasteiger partial charge on any atom is -0.337 e. The van der Waals surface area contributed by atoms with Gasteiger partial charge in [0.25, 0.3) is 0 Å². The number of rotatable bonds is 3. The Kier molecular flexibility index (Phi) is 5.17. The minimum absolute atomic E-state index is 0.0722. The lowest BCUT2D eigenvalue weighted by molar-refractivity contribution is 0.183. The molecule has 0 radical (unpaired) electrons. The molecule has 0 aliphatic carbocycles. The van der Waals surface area contributed by atoms with Gasteiger partial charge in [-0.15, -0.1) is 0 Å². The van der Waals surface area contributed by atoms with Gasteiger partial charge in [0.15, 0.2) is 0 Å². The standard InChI is InChI=1S/C23H29N3O/c1-23(11-13-24-14-12-23)17-25-22(27)26-15-9-19(10-16-26)21-8-4-6-18-5-2-3-7-20(18)21/h2-9,24H,10-17H2,1H3,(H,25,27). The van der Waals surface area contributed by atoms with Crippen molar-refractivity contribution >= 4 is 22.4 Å². The van der Waals surface area contributed by atoms with Gasteiger partial charge in [-0.25, -0.2) is 4.79 Å². The van der Waals surface area contributed by atoms with Gasteiger partial charge in [0.1, 0.15) is 0 Å². The number of carbonyl (C=O) groups excluding carboxylic acids is 1. The quantitative estimate of drug-likeness (QED) is 0.865. The molecule has 0 spiro atoms. The summed E-state index contributed by atoms with van der Waals surface area (Å²) in [6.45, 7) is 6.61. The first-order valence-corrected chi connectivity index (χ1v) is 10.1. The van der Waals surface area contributed by atoms with E-state index in [1.165, 1.54) is 21.9 Å². The molecule has 0 saturated carbocycles. The lowest BCUT2D eigenvalue weighted by atomic mass is 9.81. The number of urea groups is 1. The van der Waals surface area contributed by atoms with Crippen molar-refractivity contribution in [3.05, 3.63) is 54.1 Å². The number of nitrogens with zero attached hydrogens (tertiary/aromatic N) is 1. The summed E-state index contributed by atoms with van der Waals surface area (Å²) in [4.78, 5) is 14.5. The van der Waals surface area contributed by atoms with Crippen LogP contribution in [0.1, 0.15) is 31.7 Å². The Bertz CT molecular complexity index is 846. The van der Waals surface area contributed by atoms with Crippen molar-refractivity contribution in [2.75, 3.05) is 32.7 Å². The molecule has 27 heavy (non-hydrogen) atoms. The SMILES string of the molecule is CC1(CNC(=O)N2CC=C(c3cccc4ccccc34)CC2)CCNCC1. The summed E-state index contributed by atoms with van der Waals surface area (Å²) in [5, 5.41) is 9.13. The first-order chi connectivity index (χ1) is 13.1. The zero-order valence-electron chi connectivity index (χ0n) is 16.1. The van der Waals surface area contributed by atoms with E-state index in [4.69, 9.17) is 0 Å². The number of carbonyl (C=O) groups is 1. The molecule has 1 fully saturated rings. The van der Waals surface area contributed by atoms with Crippen LogP contribution in [0.2, 0.25) is 0 Å². The van der Waals surface area contributed by atoms with E-state index in [-0.39, 0.29) is 11.4 Å². The van der Waals surface area contributed by atoms with Gasteiger partial charge in [-0.1, -0.05) is 55.5 Å². The highest BCUT2D eigenvalue weighted by atomic mass is 16.2. The van der Waals surface area contributed by atoms with Gasteiger partial charge in [0.2, 0.25) is 0 Å². The van der Waals surface area contributed by atoms with Crippen molar-refractivity contribution in [3.8, 4) is 0 Å². The highest BCUT2D eigenvalue weighted by Crippen LogP contribution is 2.30. The summed E-state index contributed by atoms with van der Waals surface area (Å²) in [7, 11) is 0. The molecule has 2 N–H and O–H groups in total. The highest BCUT2D eigenvalue weighted by molar-refractivity contribution is 5.94. The second-order valence-corrected chi connectivity index (χ2v) is 8.17. The average molecular weight is 364 g/mol. The van der Waals surface area contributed by atoms with E-state index >= 15 is 0 Å². The van der Waals surface area contributed by atoms with Gasteiger partial charge in [0.05, 0.1) is 0 Å². The summed E-state index contributed by atoms with van der Waals surface area (Å²) in [5.74, 6) is 0. The van der Waals surface area contributed by atoms with Gasteiger partial charge >= 0.3 is 6.03 Å². The monoisotopic (exact) mass is 363 g/mol. The summed E-state index contributed by atoms with van der Waals surface area (Å²) in [5.41, 5.74) is 2.87. The summed E-state index contributed by atoms with van der Waals surface area (Å²) in [6, 6.07) is 15.1. The van der Waals surface area contributed by atoms with Crippen LogP contribution in [-0.2, 0) is 0 Å². The second-order valence-electron chi connectivity index (χ2n) is 8.17. The zero-order valence-corrected chi connectivity index (χ0v) is 16.1. The Balaban J connectivity index is 1.40. The maximum Gasteiger partial charge on any atom is 0.317 e. The van der Waals surface area contributed by atoms with Crippen LogP contribution in [0.3, 0.4) is 0 Å². The number of nitrogens with one attached hydrogen (secondary N) is 2. The summed E-state index contributed by atoms with van der Waals surface area (Å²) < 4.78 is 0. The van der Waals surface area contributed by atoms with E-state index in [2.05, 4.69) is 66.1 Å². The van der Waals surface area contributed by atoms with E-state index in [1.54, 1.807) is 0 Å². The number of piperidine rings is 1.